The van der Waals surface area contributed by atoms with E-state index in [1.807, 2.05) is 0 Å². The largest absolute Gasteiger partial charge is 0.179 e. The first-order valence-corrected chi connectivity index (χ1v) is 21.0. The van der Waals surface area contributed by atoms with Gasteiger partial charge in [0.05, 0.1) is 16.1 Å². The molecule has 0 aliphatic carbocycles. The highest BCUT2D eigenvalue weighted by atomic mass is 28.3. The fourth-order valence-electron chi connectivity index (χ4n) is 5.24. The van der Waals surface area contributed by atoms with Crippen LogP contribution in [-0.4, -0.2) is 24.2 Å². The molecular weight excluding hydrogens is 445 g/mol. The Morgan fingerprint density at radius 2 is 0.606 bits per heavy atom. The third kappa shape index (κ3) is 4.37. The van der Waals surface area contributed by atoms with E-state index in [4.69, 9.17) is 0 Å². The second-order valence-electron chi connectivity index (χ2n) is 11.1. The molecule has 0 N–H and O–H groups in total. The summed E-state index contributed by atoms with van der Waals surface area (Å²) in [5.74, 6) is 0. The van der Waals surface area contributed by atoms with Crippen LogP contribution in [0.2, 0.25) is 39.3 Å². The third-order valence-electron chi connectivity index (χ3n) is 6.69. The Morgan fingerprint density at radius 1 is 0.333 bits per heavy atom. The minimum absolute atomic E-state index is 1.48. The predicted molar refractivity (Wildman–Crippen MR) is 156 cm³/mol. The summed E-state index contributed by atoms with van der Waals surface area (Å²) >= 11 is 0. The molecule has 0 radical (unpaired) electrons. The third-order valence-corrected chi connectivity index (χ3v) is 16.2. The average Bonchev–Trinajstić information content (AvgIpc) is 2.80. The molecule has 0 spiro atoms. The molecule has 4 aromatic carbocycles. The van der Waals surface area contributed by atoms with Gasteiger partial charge < -0.3 is 0 Å². The zero-order valence-corrected chi connectivity index (χ0v) is 23.9. The van der Waals surface area contributed by atoms with E-state index < -0.39 is 24.2 Å². The lowest BCUT2D eigenvalue weighted by atomic mass is 10.3. The summed E-state index contributed by atoms with van der Waals surface area (Å²) in [6, 6.07) is 41.6. The quantitative estimate of drug-likeness (QED) is 0.287. The van der Waals surface area contributed by atoms with Crippen molar-refractivity contribution >= 4 is 55.3 Å². The highest BCUT2D eigenvalue weighted by Crippen LogP contribution is 2.13. The predicted octanol–water partition coefficient (Wildman–Crippen LogP) is 4.15. The number of rotatable bonds is 6. The molecule has 0 saturated heterocycles. The molecule has 33 heavy (non-hydrogen) atoms. The lowest BCUT2D eigenvalue weighted by Gasteiger charge is -2.40. The lowest BCUT2D eigenvalue weighted by molar-refractivity contribution is 1.65. The molecule has 0 fully saturated rings. The van der Waals surface area contributed by atoms with E-state index in [-0.39, 0.29) is 0 Å². The van der Waals surface area contributed by atoms with Gasteiger partial charge in [-0.1, -0.05) is 159 Å². The zero-order chi connectivity index (χ0) is 23.7. The first-order valence-electron chi connectivity index (χ1n) is 12.0. The molecule has 0 aliphatic heterocycles. The molecule has 4 rings (SSSR count). The van der Waals surface area contributed by atoms with Crippen LogP contribution in [-0.2, 0) is 0 Å². The molecule has 0 unspecified atom stereocenters. The van der Waals surface area contributed by atoms with Gasteiger partial charge in [-0.05, 0) is 20.7 Å². The number of benzene rings is 4. The Morgan fingerprint density at radius 3 is 0.909 bits per heavy atom. The van der Waals surface area contributed by atoms with E-state index in [9.17, 15) is 0 Å². The van der Waals surface area contributed by atoms with Gasteiger partial charge in [-0.15, -0.1) is 0 Å². The molecule has 0 aromatic heterocycles. The molecule has 0 aliphatic rings. The molecule has 0 nitrogen and oxygen atoms in total. The van der Waals surface area contributed by atoms with Crippen LogP contribution >= 0.6 is 0 Å². The van der Waals surface area contributed by atoms with Crippen molar-refractivity contribution in [3.63, 3.8) is 0 Å². The van der Waals surface area contributed by atoms with Gasteiger partial charge >= 0.3 is 0 Å². The molecule has 0 heterocycles. The summed E-state index contributed by atoms with van der Waals surface area (Å²) in [5.41, 5.74) is 0. The zero-order valence-electron chi connectivity index (χ0n) is 20.9. The van der Waals surface area contributed by atoms with Crippen LogP contribution in [0.5, 0.6) is 0 Å². The van der Waals surface area contributed by atoms with Crippen molar-refractivity contribution in [2.24, 2.45) is 0 Å². The van der Waals surface area contributed by atoms with E-state index in [1.165, 1.54) is 10.4 Å². The van der Waals surface area contributed by atoms with E-state index in [2.05, 4.69) is 148 Å². The minimum atomic E-state index is -2.54. The smallest absolute Gasteiger partial charge is 0.0656 e. The van der Waals surface area contributed by atoms with Gasteiger partial charge in [-0.25, -0.2) is 0 Å². The fraction of sp³-hybridized carbons (Fsp3) is 0.200. The van der Waals surface area contributed by atoms with E-state index in [1.54, 1.807) is 20.7 Å². The molecule has 0 amide bonds. The Kier molecular flexibility index (Phi) is 6.50. The molecule has 3 heteroatoms. The summed E-state index contributed by atoms with van der Waals surface area (Å²) < 4.78 is 0. The average molecular weight is 481 g/mol. The second kappa shape index (κ2) is 9.05. The van der Waals surface area contributed by atoms with Crippen molar-refractivity contribution in [3.8, 4) is 0 Å². The summed E-state index contributed by atoms with van der Waals surface area (Å²) in [4.78, 5) is 0. The molecule has 0 bridgehead atoms. The van der Waals surface area contributed by atoms with Gasteiger partial charge in [-0.3, -0.25) is 0 Å². The van der Waals surface area contributed by atoms with Crippen LogP contribution in [0.1, 0.15) is 0 Å². The minimum Gasteiger partial charge on any atom is -0.0656 e. The van der Waals surface area contributed by atoms with Crippen molar-refractivity contribution in [3.05, 3.63) is 109 Å². The highest BCUT2D eigenvalue weighted by molar-refractivity contribution is 7.23. The Balaban J connectivity index is 2.27. The maximum atomic E-state index is 2.49. The summed E-state index contributed by atoms with van der Waals surface area (Å²) in [7, 11) is -5.75. The first-order chi connectivity index (χ1) is 15.7. The van der Waals surface area contributed by atoms with E-state index >= 15 is 0 Å². The SMILES string of the molecule is C[Si](C)(C)c1ccccc1[Si](c1ccccc1)(c1ccccc1)c1ccccc1[Si](C)(C)C. The summed E-state index contributed by atoms with van der Waals surface area (Å²) in [6.07, 6.45) is 0. The van der Waals surface area contributed by atoms with E-state index in [0.717, 1.165) is 0 Å². The summed E-state index contributed by atoms with van der Waals surface area (Å²) in [6.45, 7) is 14.9. The first kappa shape index (κ1) is 23.7. The van der Waals surface area contributed by atoms with Crippen LogP contribution in [0.25, 0.3) is 0 Å². The summed E-state index contributed by atoms with van der Waals surface area (Å²) in [5, 5.41) is 9.30. The molecule has 0 atom stereocenters. The molecule has 0 saturated carbocycles. The topological polar surface area (TPSA) is 0 Å². The molecule has 4 aromatic rings. The highest BCUT2D eigenvalue weighted by Gasteiger charge is 2.46. The maximum absolute atomic E-state index is 2.54. The molecule has 168 valence electrons. The maximum Gasteiger partial charge on any atom is 0.179 e. The van der Waals surface area contributed by atoms with Gasteiger partial charge in [0.15, 0.2) is 8.07 Å². The number of hydrogen-bond donors (Lipinski definition) is 0. The van der Waals surface area contributed by atoms with Crippen LogP contribution in [0.3, 0.4) is 0 Å². The standard InChI is InChI=1S/C30H36Si3/c1-31(2,3)27-21-13-15-23-29(27)33(25-17-9-7-10-18-25,26-19-11-8-12-20-26)30-24-16-14-22-28(30)32(4,5)6/h7-24H,1-6H3. The Labute approximate surface area is 203 Å². The van der Waals surface area contributed by atoms with Crippen molar-refractivity contribution in [1.29, 1.82) is 0 Å². The van der Waals surface area contributed by atoms with Crippen LogP contribution in [0.15, 0.2) is 109 Å². The van der Waals surface area contributed by atoms with Gasteiger partial charge in [-0.2, -0.15) is 0 Å². The molecular formula is C30H36Si3. The van der Waals surface area contributed by atoms with Crippen LogP contribution < -0.4 is 31.1 Å². The normalized spacial score (nSPS) is 12.5. The van der Waals surface area contributed by atoms with Crippen LogP contribution in [0.4, 0.5) is 0 Å². The van der Waals surface area contributed by atoms with Crippen LogP contribution in [0, 0.1) is 0 Å². The van der Waals surface area contributed by atoms with Gasteiger partial charge in [0.1, 0.15) is 0 Å². The van der Waals surface area contributed by atoms with Crippen molar-refractivity contribution in [1.82, 2.24) is 0 Å². The van der Waals surface area contributed by atoms with E-state index in [0.29, 0.717) is 0 Å². The van der Waals surface area contributed by atoms with Gasteiger partial charge in [0.25, 0.3) is 0 Å². The van der Waals surface area contributed by atoms with Gasteiger partial charge in [0, 0.05) is 0 Å². The second-order valence-corrected chi connectivity index (χ2v) is 24.9. The van der Waals surface area contributed by atoms with Gasteiger partial charge in [0.2, 0.25) is 0 Å². The Hall–Kier alpha value is -2.47. The van der Waals surface area contributed by atoms with Crippen molar-refractivity contribution in [2.75, 3.05) is 0 Å². The van der Waals surface area contributed by atoms with Crippen molar-refractivity contribution < 1.29 is 0 Å². The number of hydrogen-bond acceptors (Lipinski definition) is 0. The fourth-order valence-corrected chi connectivity index (χ4v) is 16.5. The van der Waals surface area contributed by atoms with Crippen molar-refractivity contribution in [2.45, 2.75) is 39.3 Å². The lowest BCUT2D eigenvalue weighted by Crippen LogP contribution is -2.82. The monoisotopic (exact) mass is 480 g/mol. The Bertz CT molecular complexity index is 1120.